The Kier molecular flexibility index (Phi) is 2.14. The Morgan fingerprint density at radius 2 is 2.22 bits per heavy atom. The number of hydrogen-bond donors (Lipinski definition) is 0. The van der Waals surface area contributed by atoms with Crippen LogP contribution in [0.1, 0.15) is 0 Å². The van der Waals surface area contributed by atoms with Gasteiger partial charge in [-0.1, -0.05) is 17.7 Å². The van der Waals surface area contributed by atoms with E-state index >= 15 is 0 Å². The van der Waals surface area contributed by atoms with Crippen LogP contribution in [-0.4, -0.2) is 10.5 Å². The van der Waals surface area contributed by atoms with Crippen molar-refractivity contribution in [3.63, 3.8) is 0 Å². The van der Waals surface area contributed by atoms with E-state index in [1.54, 1.807) is 18.2 Å². The summed E-state index contributed by atoms with van der Waals surface area (Å²) in [6.45, 7) is 0. The molecule has 0 saturated heterocycles. The van der Waals surface area contributed by atoms with Gasteiger partial charge in [0.25, 0.3) is 0 Å². The van der Waals surface area contributed by atoms with Crippen molar-refractivity contribution >= 4 is 22.1 Å². The second-order valence-corrected chi connectivity index (χ2v) is 2.20. The molecule has 3 heteroatoms. The molecule has 0 aliphatic heterocycles. The van der Waals surface area contributed by atoms with Gasteiger partial charge in [0.2, 0.25) is 0 Å². The maximum absolute atomic E-state index is 5.62. The SMILES string of the molecule is [Si]Oc1cccc(Cl)c1. The highest BCUT2D eigenvalue weighted by Gasteiger charge is 1.88. The van der Waals surface area contributed by atoms with Gasteiger partial charge in [-0.3, -0.25) is 0 Å². The fourth-order valence-electron chi connectivity index (χ4n) is 0.530. The summed E-state index contributed by atoms with van der Waals surface area (Å²) in [4.78, 5) is 0. The quantitative estimate of drug-likeness (QED) is 0.562. The summed E-state index contributed by atoms with van der Waals surface area (Å²) in [5.74, 6) is 0.708. The molecule has 45 valence electrons. The summed E-state index contributed by atoms with van der Waals surface area (Å²) in [5.41, 5.74) is 0. The fraction of sp³-hybridized carbons (Fsp3) is 0. The van der Waals surface area contributed by atoms with Gasteiger partial charge in [-0.15, -0.1) is 0 Å². The Morgan fingerprint density at radius 1 is 1.44 bits per heavy atom. The normalized spacial score (nSPS) is 9.11. The van der Waals surface area contributed by atoms with Crippen LogP contribution < -0.4 is 4.43 Å². The molecule has 0 aromatic heterocycles. The zero-order chi connectivity index (χ0) is 6.69. The van der Waals surface area contributed by atoms with Crippen molar-refractivity contribution in [3.05, 3.63) is 29.3 Å². The van der Waals surface area contributed by atoms with Crippen molar-refractivity contribution in [2.45, 2.75) is 0 Å². The van der Waals surface area contributed by atoms with Crippen molar-refractivity contribution in [2.24, 2.45) is 0 Å². The maximum Gasteiger partial charge on any atom is 0.341 e. The first-order valence-corrected chi connectivity index (χ1v) is 3.20. The third kappa shape index (κ3) is 1.73. The topological polar surface area (TPSA) is 9.23 Å². The van der Waals surface area contributed by atoms with Gasteiger partial charge in [0.05, 0.1) is 0 Å². The third-order valence-corrected chi connectivity index (χ3v) is 1.38. The number of hydrogen-bond acceptors (Lipinski definition) is 1. The van der Waals surface area contributed by atoms with Gasteiger partial charge in [-0.25, -0.2) is 0 Å². The average Bonchev–Trinajstić information content (AvgIpc) is 1.88. The van der Waals surface area contributed by atoms with E-state index in [1.807, 2.05) is 6.07 Å². The van der Waals surface area contributed by atoms with Crippen LogP contribution in [-0.2, 0) is 0 Å². The molecule has 1 aromatic carbocycles. The van der Waals surface area contributed by atoms with Gasteiger partial charge in [0.1, 0.15) is 5.75 Å². The Hall–Kier alpha value is -0.473. The highest BCUT2D eigenvalue weighted by atomic mass is 35.5. The molecule has 1 nitrogen and oxygen atoms in total. The molecule has 0 atom stereocenters. The first-order chi connectivity index (χ1) is 4.33. The monoisotopic (exact) mass is 155 g/mol. The van der Waals surface area contributed by atoms with Crippen molar-refractivity contribution in [3.8, 4) is 5.75 Å². The smallest absolute Gasteiger partial charge is 0.341 e. The van der Waals surface area contributed by atoms with Crippen LogP contribution in [0.4, 0.5) is 0 Å². The van der Waals surface area contributed by atoms with Crippen molar-refractivity contribution in [1.29, 1.82) is 0 Å². The van der Waals surface area contributed by atoms with E-state index in [0.717, 1.165) is 0 Å². The zero-order valence-corrected chi connectivity index (χ0v) is 6.35. The molecule has 1 rings (SSSR count). The lowest BCUT2D eigenvalue weighted by atomic mass is 10.3. The predicted molar refractivity (Wildman–Crippen MR) is 37.8 cm³/mol. The van der Waals surface area contributed by atoms with Crippen LogP contribution in [0.25, 0.3) is 0 Å². The van der Waals surface area contributed by atoms with Crippen LogP contribution in [0.2, 0.25) is 5.02 Å². The second kappa shape index (κ2) is 2.89. The summed E-state index contributed by atoms with van der Waals surface area (Å²) in [7, 11) is 2.88. The number of benzene rings is 1. The minimum Gasteiger partial charge on any atom is -0.540 e. The molecule has 0 heterocycles. The van der Waals surface area contributed by atoms with E-state index in [0.29, 0.717) is 10.8 Å². The maximum atomic E-state index is 5.62. The molecule has 0 unspecified atom stereocenters. The van der Waals surface area contributed by atoms with Crippen molar-refractivity contribution in [2.75, 3.05) is 0 Å². The standard InChI is InChI=1S/C6H4ClOSi/c7-5-2-1-3-6(4-5)8-9/h1-4H. The van der Waals surface area contributed by atoms with Gasteiger partial charge < -0.3 is 4.43 Å². The number of rotatable bonds is 1. The fourth-order valence-corrected chi connectivity index (χ4v) is 0.838. The molecule has 0 saturated carbocycles. The lowest BCUT2D eigenvalue weighted by Crippen LogP contribution is -1.82. The highest BCUT2D eigenvalue weighted by Crippen LogP contribution is 2.15. The molecule has 0 amide bonds. The first-order valence-electron chi connectivity index (χ1n) is 2.42. The van der Waals surface area contributed by atoms with E-state index in [1.165, 1.54) is 0 Å². The summed E-state index contributed by atoms with van der Waals surface area (Å²) in [6.07, 6.45) is 0. The minimum atomic E-state index is 0.672. The summed E-state index contributed by atoms with van der Waals surface area (Å²) >= 11 is 5.62. The Balaban J connectivity index is 2.94. The molecule has 0 spiro atoms. The largest absolute Gasteiger partial charge is 0.540 e. The lowest BCUT2D eigenvalue weighted by molar-refractivity contribution is 0.616. The van der Waals surface area contributed by atoms with Crippen LogP contribution in [0.15, 0.2) is 24.3 Å². The Bertz CT molecular complexity index is 202. The Morgan fingerprint density at radius 3 is 2.67 bits per heavy atom. The third-order valence-electron chi connectivity index (χ3n) is 0.914. The van der Waals surface area contributed by atoms with Crippen LogP contribution in [0.5, 0.6) is 5.75 Å². The van der Waals surface area contributed by atoms with Gasteiger partial charge in [0, 0.05) is 5.02 Å². The molecule has 0 N–H and O–H groups in total. The summed E-state index contributed by atoms with van der Waals surface area (Å²) in [6, 6.07) is 7.13. The van der Waals surface area contributed by atoms with Crippen LogP contribution in [0.3, 0.4) is 0 Å². The molecular weight excluding hydrogens is 152 g/mol. The van der Waals surface area contributed by atoms with Gasteiger partial charge in [0.15, 0.2) is 0 Å². The zero-order valence-electron chi connectivity index (χ0n) is 4.60. The summed E-state index contributed by atoms with van der Waals surface area (Å²) < 4.78 is 4.72. The minimum absolute atomic E-state index is 0.672. The summed E-state index contributed by atoms with van der Waals surface area (Å²) in [5, 5.41) is 0.672. The van der Waals surface area contributed by atoms with Gasteiger partial charge in [-0.05, 0) is 18.2 Å². The second-order valence-electron chi connectivity index (χ2n) is 1.56. The van der Waals surface area contributed by atoms with E-state index < -0.39 is 0 Å². The molecule has 3 radical (unpaired) electrons. The van der Waals surface area contributed by atoms with E-state index in [4.69, 9.17) is 16.0 Å². The average molecular weight is 156 g/mol. The van der Waals surface area contributed by atoms with E-state index in [-0.39, 0.29) is 0 Å². The van der Waals surface area contributed by atoms with Gasteiger partial charge in [-0.2, -0.15) is 0 Å². The first kappa shape index (κ1) is 6.64. The Labute approximate surface area is 62.1 Å². The molecule has 0 bridgehead atoms. The molecule has 9 heavy (non-hydrogen) atoms. The molecule has 1 aromatic rings. The van der Waals surface area contributed by atoms with Crippen LogP contribution >= 0.6 is 11.6 Å². The highest BCUT2D eigenvalue weighted by molar-refractivity contribution is 6.30. The lowest BCUT2D eigenvalue weighted by Gasteiger charge is -1.96. The van der Waals surface area contributed by atoms with Crippen molar-refractivity contribution < 1.29 is 4.43 Å². The molecule has 0 aliphatic rings. The molecular formula is C6H4ClOSi. The van der Waals surface area contributed by atoms with Gasteiger partial charge >= 0.3 is 10.5 Å². The number of halogens is 1. The van der Waals surface area contributed by atoms with E-state index in [9.17, 15) is 0 Å². The molecule has 0 aliphatic carbocycles. The van der Waals surface area contributed by atoms with Crippen LogP contribution in [0, 0.1) is 0 Å². The molecule has 0 fully saturated rings. The predicted octanol–water partition coefficient (Wildman–Crippen LogP) is 1.80. The van der Waals surface area contributed by atoms with E-state index in [2.05, 4.69) is 10.5 Å². The van der Waals surface area contributed by atoms with Crippen molar-refractivity contribution in [1.82, 2.24) is 0 Å².